The molecular weight excluding hydrogens is 266 g/mol. The van der Waals surface area contributed by atoms with Crippen LogP contribution in [0.4, 0.5) is 5.69 Å². The van der Waals surface area contributed by atoms with Crippen LogP contribution in [-0.2, 0) is 11.3 Å². The van der Waals surface area contributed by atoms with E-state index in [-0.39, 0.29) is 30.5 Å². The highest BCUT2D eigenvalue weighted by molar-refractivity contribution is 5.93. The van der Waals surface area contributed by atoms with Gasteiger partial charge in [0.25, 0.3) is 11.6 Å². The molecule has 0 saturated heterocycles. The second kappa shape index (κ2) is 8.28. The smallest absolute Gasteiger partial charge is 0.287 e. The molecule has 112 valence electrons. The number of hydrogen-bond acceptors (Lipinski definition) is 5. The van der Waals surface area contributed by atoms with Crippen molar-refractivity contribution in [2.75, 3.05) is 26.4 Å². The molecule has 8 heteroatoms. The number of carbonyl (C=O) groups excluding carboxylic acids is 1. The fourth-order valence-electron chi connectivity index (χ4n) is 1.68. The van der Waals surface area contributed by atoms with E-state index < -0.39 is 4.92 Å². The van der Waals surface area contributed by atoms with Crippen LogP contribution in [0.2, 0.25) is 0 Å². The molecule has 0 aliphatic carbocycles. The predicted octanol–water partition coefficient (Wildman–Crippen LogP) is 0.545. The maximum Gasteiger partial charge on any atom is 0.287 e. The molecule has 0 saturated carbocycles. The summed E-state index contributed by atoms with van der Waals surface area (Å²) in [6.07, 6.45) is 1.96. The van der Waals surface area contributed by atoms with Gasteiger partial charge in [0.1, 0.15) is 5.69 Å². The van der Waals surface area contributed by atoms with Gasteiger partial charge in [-0.2, -0.15) is 0 Å². The number of carbonyl (C=O) groups is 1. The summed E-state index contributed by atoms with van der Waals surface area (Å²) in [4.78, 5) is 22.1. The van der Waals surface area contributed by atoms with E-state index in [1.807, 2.05) is 6.92 Å². The molecule has 0 aliphatic heterocycles. The highest BCUT2D eigenvalue weighted by Gasteiger charge is 2.18. The summed E-state index contributed by atoms with van der Waals surface area (Å²) in [7, 11) is 0. The first-order valence-electron chi connectivity index (χ1n) is 6.41. The first-order chi connectivity index (χ1) is 9.60. The number of ether oxygens (including phenoxy) is 1. The van der Waals surface area contributed by atoms with Crippen molar-refractivity contribution in [1.82, 2.24) is 9.88 Å². The second-order valence-corrected chi connectivity index (χ2v) is 4.07. The minimum absolute atomic E-state index is 0.0277. The largest absolute Gasteiger partial charge is 0.394 e. The Hall–Kier alpha value is -1.93. The van der Waals surface area contributed by atoms with Crippen LogP contribution in [0.1, 0.15) is 23.8 Å². The number of amides is 1. The minimum Gasteiger partial charge on any atom is -0.394 e. The van der Waals surface area contributed by atoms with E-state index in [1.165, 1.54) is 16.8 Å². The lowest BCUT2D eigenvalue weighted by Gasteiger charge is -2.07. The Kier molecular flexibility index (Phi) is 6.68. The van der Waals surface area contributed by atoms with Gasteiger partial charge in [-0.15, -0.1) is 0 Å². The Morgan fingerprint density at radius 3 is 2.90 bits per heavy atom. The van der Waals surface area contributed by atoms with Crippen LogP contribution in [0.25, 0.3) is 0 Å². The van der Waals surface area contributed by atoms with Crippen LogP contribution < -0.4 is 5.32 Å². The van der Waals surface area contributed by atoms with Gasteiger partial charge in [0.2, 0.25) is 0 Å². The van der Waals surface area contributed by atoms with Gasteiger partial charge in [-0.1, -0.05) is 0 Å². The maximum absolute atomic E-state index is 11.9. The quantitative estimate of drug-likeness (QED) is 0.391. The predicted molar refractivity (Wildman–Crippen MR) is 71.6 cm³/mol. The summed E-state index contributed by atoms with van der Waals surface area (Å²) in [5, 5.41) is 21.9. The van der Waals surface area contributed by atoms with Crippen LogP contribution in [0.5, 0.6) is 0 Å². The summed E-state index contributed by atoms with van der Waals surface area (Å²) in [6.45, 7) is 3.39. The molecule has 0 aliphatic rings. The van der Waals surface area contributed by atoms with Crippen molar-refractivity contribution < 1.29 is 19.6 Å². The molecule has 0 fully saturated rings. The Morgan fingerprint density at radius 1 is 1.55 bits per heavy atom. The SMILES string of the molecule is CCn1cc([N+](=O)[O-])cc1C(=O)NCCCOCCO. The topological polar surface area (TPSA) is 107 Å². The summed E-state index contributed by atoms with van der Waals surface area (Å²) < 4.78 is 6.59. The summed E-state index contributed by atoms with van der Waals surface area (Å²) in [6, 6.07) is 1.26. The number of rotatable bonds is 9. The molecule has 8 nitrogen and oxygen atoms in total. The van der Waals surface area contributed by atoms with Crippen molar-refractivity contribution in [2.24, 2.45) is 0 Å². The van der Waals surface area contributed by atoms with E-state index in [1.54, 1.807) is 0 Å². The first-order valence-corrected chi connectivity index (χ1v) is 6.41. The third-order valence-corrected chi connectivity index (χ3v) is 2.65. The van der Waals surface area contributed by atoms with Crippen molar-refractivity contribution in [3.8, 4) is 0 Å². The molecule has 0 bridgehead atoms. The number of hydrogen-bond donors (Lipinski definition) is 2. The molecule has 0 atom stereocenters. The summed E-state index contributed by atoms with van der Waals surface area (Å²) in [5.74, 6) is -0.345. The molecule has 0 aromatic carbocycles. The first kappa shape index (κ1) is 16.1. The normalized spacial score (nSPS) is 10.5. The van der Waals surface area contributed by atoms with Crippen molar-refractivity contribution in [3.63, 3.8) is 0 Å². The number of aryl methyl sites for hydroxylation is 1. The molecule has 0 radical (unpaired) electrons. The Morgan fingerprint density at radius 2 is 2.30 bits per heavy atom. The number of aromatic nitrogens is 1. The van der Waals surface area contributed by atoms with Crippen molar-refractivity contribution in [3.05, 3.63) is 28.1 Å². The van der Waals surface area contributed by atoms with E-state index in [4.69, 9.17) is 9.84 Å². The molecular formula is C12H19N3O5. The van der Waals surface area contributed by atoms with Crippen LogP contribution in [-0.4, -0.2) is 46.9 Å². The molecule has 1 amide bonds. The lowest BCUT2D eigenvalue weighted by molar-refractivity contribution is -0.384. The van der Waals surface area contributed by atoms with E-state index in [9.17, 15) is 14.9 Å². The van der Waals surface area contributed by atoms with E-state index in [0.29, 0.717) is 26.1 Å². The van der Waals surface area contributed by atoms with Crippen LogP contribution >= 0.6 is 0 Å². The van der Waals surface area contributed by atoms with E-state index in [2.05, 4.69) is 5.32 Å². The van der Waals surface area contributed by atoms with Crippen molar-refractivity contribution in [2.45, 2.75) is 19.9 Å². The van der Waals surface area contributed by atoms with Gasteiger partial charge in [0.15, 0.2) is 0 Å². The molecule has 1 rings (SSSR count). The zero-order chi connectivity index (χ0) is 15.0. The van der Waals surface area contributed by atoms with Crippen molar-refractivity contribution in [1.29, 1.82) is 0 Å². The third kappa shape index (κ3) is 4.63. The number of nitrogens with one attached hydrogen (secondary N) is 1. The standard InChI is InChI=1S/C12H19N3O5/c1-2-14-9-10(15(18)19)8-11(14)12(17)13-4-3-6-20-7-5-16/h8-9,16H,2-7H2,1H3,(H,13,17). The fourth-order valence-corrected chi connectivity index (χ4v) is 1.68. The van der Waals surface area contributed by atoms with Crippen LogP contribution in [0, 0.1) is 10.1 Å². The Labute approximate surface area is 116 Å². The van der Waals surface area contributed by atoms with Gasteiger partial charge in [-0.3, -0.25) is 14.9 Å². The summed E-state index contributed by atoms with van der Waals surface area (Å²) in [5.41, 5.74) is 0.179. The number of nitrogens with zero attached hydrogens (tertiary/aromatic N) is 2. The Balaban J connectivity index is 2.48. The highest BCUT2D eigenvalue weighted by Crippen LogP contribution is 2.16. The lowest BCUT2D eigenvalue weighted by atomic mass is 10.3. The maximum atomic E-state index is 11.9. The molecule has 0 unspecified atom stereocenters. The molecule has 1 aromatic rings. The van der Waals surface area contributed by atoms with Crippen LogP contribution in [0.3, 0.4) is 0 Å². The number of nitro groups is 1. The van der Waals surface area contributed by atoms with Gasteiger partial charge in [-0.25, -0.2) is 0 Å². The molecule has 1 heterocycles. The molecule has 0 spiro atoms. The third-order valence-electron chi connectivity index (χ3n) is 2.65. The monoisotopic (exact) mass is 285 g/mol. The average molecular weight is 285 g/mol. The lowest BCUT2D eigenvalue weighted by Crippen LogP contribution is -2.27. The molecule has 2 N–H and O–H groups in total. The van der Waals surface area contributed by atoms with Gasteiger partial charge < -0.3 is 19.7 Å². The van der Waals surface area contributed by atoms with Gasteiger partial charge >= 0.3 is 0 Å². The fraction of sp³-hybridized carbons (Fsp3) is 0.583. The minimum atomic E-state index is -0.522. The Bertz CT molecular complexity index is 458. The average Bonchev–Trinajstić information content (AvgIpc) is 2.87. The van der Waals surface area contributed by atoms with Gasteiger partial charge in [0, 0.05) is 25.8 Å². The zero-order valence-electron chi connectivity index (χ0n) is 11.4. The van der Waals surface area contributed by atoms with Gasteiger partial charge in [-0.05, 0) is 13.3 Å². The van der Waals surface area contributed by atoms with E-state index in [0.717, 1.165) is 0 Å². The molecule has 1 aromatic heterocycles. The summed E-state index contributed by atoms with van der Waals surface area (Å²) >= 11 is 0. The zero-order valence-corrected chi connectivity index (χ0v) is 11.4. The van der Waals surface area contributed by atoms with Crippen LogP contribution in [0.15, 0.2) is 12.3 Å². The number of aliphatic hydroxyl groups excluding tert-OH is 1. The second-order valence-electron chi connectivity index (χ2n) is 4.07. The van der Waals surface area contributed by atoms with E-state index >= 15 is 0 Å². The highest BCUT2D eigenvalue weighted by atomic mass is 16.6. The van der Waals surface area contributed by atoms with Crippen molar-refractivity contribution >= 4 is 11.6 Å². The van der Waals surface area contributed by atoms with Gasteiger partial charge in [0.05, 0.1) is 24.3 Å². The molecule has 20 heavy (non-hydrogen) atoms. The number of aliphatic hydroxyl groups is 1.